The molecule has 0 atom stereocenters. The highest BCUT2D eigenvalue weighted by Crippen LogP contribution is 2.22. The quantitative estimate of drug-likeness (QED) is 0.575. The average molecular weight is 333 g/mol. The third-order valence-corrected chi connectivity index (χ3v) is 3.98. The summed E-state index contributed by atoms with van der Waals surface area (Å²) >= 11 is 0. The number of rotatable bonds is 4. The predicted octanol–water partition coefficient (Wildman–Crippen LogP) is 4.18. The molecule has 0 spiro atoms. The molecule has 0 saturated carbocycles. The summed E-state index contributed by atoms with van der Waals surface area (Å²) in [7, 11) is 0. The Bertz CT molecular complexity index is 1000. The van der Waals surface area contributed by atoms with Crippen LogP contribution in [0, 0.1) is 6.92 Å². The van der Waals surface area contributed by atoms with E-state index in [2.05, 4.69) is 4.98 Å². The largest absolute Gasteiger partial charge is 0.462 e. The lowest BCUT2D eigenvalue weighted by atomic mass is 10.0. The number of esters is 1. The first-order valence-corrected chi connectivity index (χ1v) is 8.17. The summed E-state index contributed by atoms with van der Waals surface area (Å²) < 4.78 is 5.15. The lowest BCUT2D eigenvalue weighted by Gasteiger charge is -2.10. The minimum atomic E-state index is -0.426. The van der Waals surface area contributed by atoms with E-state index >= 15 is 0 Å². The Morgan fingerprint density at radius 2 is 1.76 bits per heavy atom. The van der Waals surface area contributed by atoms with Crippen molar-refractivity contribution >= 4 is 28.9 Å². The molecule has 0 saturated heterocycles. The molecule has 4 heteroatoms. The highest BCUT2D eigenvalue weighted by Gasteiger charge is 2.17. The maximum Gasteiger partial charge on any atom is 0.340 e. The lowest BCUT2D eigenvalue weighted by Crippen LogP contribution is -2.16. The van der Waals surface area contributed by atoms with Gasteiger partial charge in [-0.3, -0.25) is 4.79 Å². The van der Waals surface area contributed by atoms with Crippen LogP contribution in [0.5, 0.6) is 0 Å². The summed E-state index contributed by atoms with van der Waals surface area (Å²) in [5.74, 6) is -0.426. The van der Waals surface area contributed by atoms with Crippen LogP contribution < -0.4 is 5.56 Å². The monoisotopic (exact) mass is 333 g/mol. The fourth-order valence-corrected chi connectivity index (χ4v) is 2.80. The highest BCUT2D eigenvalue weighted by atomic mass is 16.5. The van der Waals surface area contributed by atoms with E-state index in [4.69, 9.17) is 4.74 Å². The molecule has 2 aromatic carbocycles. The number of hydrogen-bond acceptors (Lipinski definition) is 3. The van der Waals surface area contributed by atoms with Gasteiger partial charge in [-0.25, -0.2) is 4.79 Å². The second-order valence-electron chi connectivity index (χ2n) is 5.72. The van der Waals surface area contributed by atoms with Crippen molar-refractivity contribution in [2.24, 2.45) is 0 Å². The molecule has 0 aliphatic heterocycles. The molecule has 1 aromatic heterocycles. The van der Waals surface area contributed by atoms with Gasteiger partial charge in [0, 0.05) is 16.5 Å². The van der Waals surface area contributed by atoms with E-state index < -0.39 is 5.97 Å². The number of nitrogens with one attached hydrogen (secondary N) is 1. The minimum absolute atomic E-state index is 0.209. The molecule has 25 heavy (non-hydrogen) atoms. The third kappa shape index (κ3) is 3.53. The summed E-state index contributed by atoms with van der Waals surface area (Å²) in [5, 5.41) is 1.08. The van der Waals surface area contributed by atoms with Gasteiger partial charge >= 0.3 is 5.97 Å². The maximum absolute atomic E-state index is 12.3. The molecule has 0 fully saturated rings. The molecular formula is C21H19NO3. The van der Waals surface area contributed by atoms with Gasteiger partial charge < -0.3 is 9.72 Å². The van der Waals surface area contributed by atoms with Crippen molar-refractivity contribution in [3.63, 3.8) is 0 Å². The van der Waals surface area contributed by atoms with Crippen LogP contribution in [0.25, 0.3) is 22.9 Å². The van der Waals surface area contributed by atoms with Crippen molar-refractivity contribution in [3.8, 4) is 0 Å². The fourth-order valence-electron chi connectivity index (χ4n) is 2.80. The molecular weight excluding hydrogens is 314 g/mol. The van der Waals surface area contributed by atoms with Gasteiger partial charge in [0.15, 0.2) is 0 Å². The topological polar surface area (TPSA) is 59.2 Å². The molecule has 4 nitrogen and oxygen atoms in total. The van der Waals surface area contributed by atoms with Crippen LogP contribution in [0.4, 0.5) is 0 Å². The Balaban J connectivity index is 2.12. The van der Waals surface area contributed by atoms with Crippen LogP contribution in [0.1, 0.15) is 34.1 Å². The first-order valence-electron chi connectivity index (χ1n) is 8.17. The van der Waals surface area contributed by atoms with Crippen LogP contribution in [0.3, 0.4) is 0 Å². The number of benzene rings is 2. The predicted molar refractivity (Wildman–Crippen MR) is 101 cm³/mol. The van der Waals surface area contributed by atoms with E-state index in [1.165, 1.54) is 0 Å². The van der Waals surface area contributed by atoms with Crippen LogP contribution in [-0.2, 0) is 4.74 Å². The fraction of sp³-hybridized carbons (Fsp3) is 0.143. The second kappa shape index (κ2) is 7.18. The van der Waals surface area contributed by atoms with Gasteiger partial charge in [0.05, 0.1) is 12.2 Å². The number of ether oxygens (including phenoxy) is 1. The van der Waals surface area contributed by atoms with Gasteiger partial charge in [-0.2, -0.15) is 0 Å². The molecule has 126 valence electrons. The van der Waals surface area contributed by atoms with Crippen molar-refractivity contribution in [1.29, 1.82) is 0 Å². The molecule has 0 aliphatic carbocycles. The lowest BCUT2D eigenvalue weighted by molar-refractivity contribution is 0.0527. The molecule has 1 N–H and O–H groups in total. The van der Waals surface area contributed by atoms with Crippen molar-refractivity contribution in [1.82, 2.24) is 4.98 Å². The van der Waals surface area contributed by atoms with E-state index in [1.807, 2.05) is 54.6 Å². The highest BCUT2D eigenvalue weighted by molar-refractivity contribution is 6.05. The van der Waals surface area contributed by atoms with E-state index in [9.17, 15) is 9.59 Å². The summed E-state index contributed by atoms with van der Waals surface area (Å²) in [6.45, 7) is 3.75. The zero-order valence-electron chi connectivity index (χ0n) is 14.2. The SMILES string of the molecule is CCOC(=O)c1c(C)[nH]c(=O)c2ccc(/C=C/c3ccccc3)cc12. The maximum atomic E-state index is 12.3. The Hall–Kier alpha value is -3.14. The molecule has 1 heterocycles. The summed E-state index contributed by atoms with van der Waals surface area (Å²) in [6.07, 6.45) is 3.95. The smallest absolute Gasteiger partial charge is 0.340 e. The number of carbonyl (C=O) groups is 1. The van der Waals surface area contributed by atoms with Gasteiger partial charge in [-0.15, -0.1) is 0 Å². The average Bonchev–Trinajstić information content (AvgIpc) is 2.61. The van der Waals surface area contributed by atoms with Crippen molar-refractivity contribution in [3.05, 3.63) is 81.3 Å². The van der Waals surface area contributed by atoms with E-state index in [0.717, 1.165) is 11.1 Å². The van der Waals surface area contributed by atoms with Crippen LogP contribution >= 0.6 is 0 Å². The third-order valence-electron chi connectivity index (χ3n) is 3.98. The Labute approximate surface area is 145 Å². The van der Waals surface area contributed by atoms with E-state index in [1.54, 1.807) is 19.9 Å². The van der Waals surface area contributed by atoms with Gasteiger partial charge in [-0.05, 0) is 37.1 Å². The van der Waals surface area contributed by atoms with Gasteiger partial charge in [0.2, 0.25) is 0 Å². The van der Waals surface area contributed by atoms with Crippen LogP contribution in [0.15, 0.2) is 53.3 Å². The number of aryl methyl sites for hydroxylation is 1. The zero-order chi connectivity index (χ0) is 17.8. The minimum Gasteiger partial charge on any atom is -0.462 e. The van der Waals surface area contributed by atoms with E-state index in [-0.39, 0.29) is 12.2 Å². The van der Waals surface area contributed by atoms with Crippen LogP contribution in [-0.4, -0.2) is 17.6 Å². The molecule has 0 bridgehead atoms. The zero-order valence-corrected chi connectivity index (χ0v) is 14.2. The van der Waals surface area contributed by atoms with Crippen molar-refractivity contribution < 1.29 is 9.53 Å². The number of H-pyrrole nitrogens is 1. The van der Waals surface area contributed by atoms with Crippen molar-refractivity contribution in [2.45, 2.75) is 13.8 Å². The van der Waals surface area contributed by atoms with Crippen molar-refractivity contribution in [2.75, 3.05) is 6.61 Å². The standard InChI is InChI=1S/C21H19NO3/c1-3-25-21(24)19-14(2)22-20(23)17-12-11-16(13-18(17)19)10-9-15-7-5-4-6-8-15/h4-13H,3H2,1-2H3,(H,22,23)/b10-9+. The normalized spacial score (nSPS) is 11.1. The molecule has 3 aromatic rings. The Morgan fingerprint density at radius 1 is 1.04 bits per heavy atom. The van der Waals surface area contributed by atoms with E-state index in [0.29, 0.717) is 22.0 Å². The number of fused-ring (bicyclic) bond motifs is 1. The Morgan fingerprint density at radius 3 is 2.48 bits per heavy atom. The van der Waals surface area contributed by atoms with Gasteiger partial charge in [0.25, 0.3) is 5.56 Å². The molecule has 0 aliphatic rings. The number of aromatic nitrogens is 1. The second-order valence-corrected chi connectivity index (χ2v) is 5.72. The number of pyridine rings is 1. The van der Waals surface area contributed by atoms with Crippen LogP contribution in [0.2, 0.25) is 0 Å². The first kappa shape index (κ1) is 16.7. The number of aromatic amines is 1. The molecule has 3 rings (SSSR count). The first-order chi connectivity index (χ1) is 12.1. The number of hydrogen-bond donors (Lipinski definition) is 1. The molecule has 0 unspecified atom stereocenters. The summed E-state index contributed by atoms with van der Waals surface area (Å²) in [6, 6.07) is 15.4. The summed E-state index contributed by atoms with van der Waals surface area (Å²) in [5.41, 5.74) is 2.70. The molecule has 0 radical (unpaired) electrons. The summed E-state index contributed by atoms with van der Waals surface area (Å²) in [4.78, 5) is 27.2. The van der Waals surface area contributed by atoms with Gasteiger partial charge in [0.1, 0.15) is 0 Å². The Kier molecular flexibility index (Phi) is 4.80. The number of carbonyl (C=O) groups excluding carboxylic acids is 1. The molecule has 0 amide bonds. The van der Waals surface area contributed by atoms with Gasteiger partial charge in [-0.1, -0.05) is 48.6 Å².